The molecular weight excluding hydrogens is 511 g/mol. The second-order valence-electron chi connectivity index (χ2n) is 8.64. The Morgan fingerprint density at radius 3 is 2.19 bits per heavy atom. The molecule has 1 heterocycles. The van der Waals surface area contributed by atoms with E-state index in [1.807, 2.05) is 24.3 Å². The summed E-state index contributed by atoms with van der Waals surface area (Å²) in [6.45, 7) is 3.55. The molecule has 1 saturated heterocycles. The number of hydrogen-bond donors (Lipinski definition) is 2. The fraction of sp³-hybridized carbons (Fsp3) is 0.440. The van der Waals surface area contributed by atoms with Crippen molar-refractivity contribution in [1.82, 2.24) is 4.90 Å². The topological polar surface area (TPSA) is 133 Å². The van der Waals surface area contributed by atoms with E-state index in [4.69, 9.17) is 40.7 Å². The zero-order chi connectivity index (χ0) is 26.8. The maximum absolute atomic E-state index is 14.3. The van der Waals surface area contributed by atoms with Crippen molar-refractivity contribution in [1.29, 1.82) is 0 Å². The molecule has 2 fully saturated rings. The van der Waals surface area contributed by atoms with Crippen molar-refractivity contribution < 1.29 is 32.6 Å². The third-order valence-corrected chi connectivity index (χ3v) is 5.81. The van der Waals surface area contributed by atoms with Gasteiger partial charge in [0, 0.05) is 31.6 Å². The number of amides is 1. The minimum atomic E-state index is -1.86. The fourth-order valence-electron chi connectivity index (χ4n) is 3.86. The van der Waals surface area contributed by atoms with Gasteiger partial charge in [0.25, 0.3) is 11.9 Å². The lowest BCUT2D eigenvalue weighted by atomic mass is 9.97. The first kappa shape index (κ1) is 29.7. The molecular formula is C25H31ClFN2O6S-. The SMILES string of the molecule is CC(=O)O.CS(=O)[O-].NC(=O)c1cc(C2CC2)c(CN2CCC(Oc3ccc(Cl)cc3)CC2)cc1F. The normalized spacial score (nSPS) is 16.6. The standard InChI is InChI=1S/C22H24ClFN2O2.C2H4O2.CH4O2S/c23-16-3-5-17(6-4-16)28-18-7-9-26(10-8-18)13-15-11-21(24)20(22(25)27)12-19(15)14-1-2-14;1-2(3)4;1-4(2)3/h3-6,11-12,14,18H,1-2,7-10,13H2,(H2,25,27);1H3,(H,3,4);1H3,(H,2,3)/p-1. The van der Waals surface area contributed by atoms with Crippen molar-refractivity contribution in [3.63, 3.8) is 0 Å². The highest BCUT2D eigenvalue weighted by molar-refractivity contribution is 7.78. The summed E-state index contributed by atoms with van der Waals surface area (Å²) in [5.41, 5.74) is 7.37. The Kier molecular flexibility index (Phi) is 11.8. The number of aliphatic carboxylic acids is 1. The van der Waals surface area contributed by atoms with Crippen LogP contribution in [0, 0.1) is 5.82 Å². The number of carbonyl (C=O) groups excluding carboxylic acids is 1. The van der Waals surface area contributed by atoms with Crippen LogP contribution in [-0.4, -0.2) is 56.1 Å². The van der Waals surface area contributed by atoms with E-state index < -0.39 is 28.8 Å². The molecule has 11 heteroatoms. The molecule has 1 saturated carbocycles. The van der Waals surface area contributed by atoms with E-state index in [1.165, 1.54) is 6.07 Å². The molecule has 1 atom stereocenters. The Bertz CT molecular complexity index is 1040. The van der Waals surface area contributed by atoms with Crippen LogP contribution >= 0.6 is 11.6 Å². The first-order chi connectivity index (χ1) is 17.0. The Morgan fingerprint density at radius 1 is 1.19 bits per heavy atom. The number of likely N-dealkylation sites (tertiary alicyclic amines) is 1. The zero-order valence-corrected chi connectivity index (χ0v) is 21.8. The quantitative estimate of drug-likeness (QED) is 0.526. The molecule has 1 aliphatic heterocycles. The second-order valence-corrected chi connectivity index (χ2v) is 9.88. The van der Waals surface area contributed by atoms with Crippen molar-refractivity contribution in [2.75, 3.05) is 19.3 Å². The molecule has 1 aliphatic carbocycles. The van der Waals surface area contributed by atoms with Gasteiger partial charge in [-0.25, -0.2) is 4.39 Å². The smallest absolute Gasteiger partial charge is 0.300 e. The van der Waals surface area contributed by atoms with Crippen LogP contribution < -0.4 is 10.5 Å². The van der Waals surface area contributed by atoms with Gasteiger partial charge in [-0.1, -0.05) is 22.7 Å². The number of ether oxygens (including phenoxy) is 1. The number of piperidine rings is 1. The number of nitrogens with two attached hydrogens (primary N) is 1. The van der Waals surface area contributed by atoms with Crippen LogP contribution in [0.15, 0.2) is 36.4 Å². The Hall–Kier alpha value is -2.53. The van der Waals surface area contributed by atoms with Crippen molar-refractivity contribution in [3.05, 3.63) is 63.9 Å². The number of carboxylic acid groups (broad SMARTS) is 1. The average Bonchev–Trinajstić information content (AvgIpc) is 3.61. The minimum Gasteiger partial charge on any atom is -0.773 e. The summed E-state index contributed by atoms with van der Waals surface area (Å²) in [5, 5.41) is 8.11. The van der Waals surface area contributed by atoms with Gasteiger partial charge in [-0.2, -0.15) is 0 Å². The maximum atomic E-state index is 14.3. The lowest BCUT2D eigenvalue weighted by Gasteiger charge is -2.32. The second kappa shape index (κ2) is 14.3. The molecule has 4 rings (SSSR count). The number of benzene rings is 2. The molecule has 2 aromatic carbocycles. The van der Waals surface area contributed by atoms with Gasteiger partial charge in [-0.05, 0) is 85.4 Å². The van der Waals surface area contributed by atoms with Gasteiger partial charge in [0.15, 0.2) is 0 Å². The van der Waals surface area contributed by atoms with Crippen molar-refractivity contribution in [2.45, 2.75) is 51.2 Å². The summed E-state index contributed by atoms with van der Waals surface area (Å²) < 4.78 is 38.3. The maximum Gasteiger partial charge on any atom is 0.300 e. The predicted octanol–water partition coefficient (Wildman–Crippen LogP) is 4.09. The largest absolute Gasteiger partial charge is 0.773 e. The molecule has 0 aromatic heterocycles. The first-order valence-corrected chi connectivity index (χ1v) is 13.3. The Balaban J connectivity index is 0.000000501. The Morgan fingerprint density at radius 2 is 1.72 bits per heavy atom. The van der Waals surface area contributed by atoms with Crippen molar-refractivity contribution in [2.24, 2.45) is 5.73 Å². The third kappa shape index (κ3) is 10.6. The number of hydrogen-bond acceptors (Lipinski definition) is 6. The average molecular weight is 542 g/mol. The van der Waals surface area contributed by atoms with Crippen LogP contribution in [0.1, 0.15) is 60.0 Å². The van der Waals surface area contributed by atoms with Crippen LogP contribution in [0.2, 0.25) is 5.02 Å². The number of carboxylic acids is 1. The zero-order valence-electron chi connectivity index (χ0n) is 20.2. The highest BCUT2D eigenvalue weighted by Crippen LogP contribution is 2.42. The van der Waals surface area contributed by atoms with E-state index in [1.54, 1.807) is 6.07 Å². The van der Waals surface area contributed by atoms with Gasteiger partial charge in [0.2, 0.25) is 0 Å². The van der Waals surface area contributed by atoms with Gasteiger partial charge in [0.1, 0.15) is 17.7 Å². The molecule has 1 unspecified atom stereocenters. The van der Waals surface area contributed by atoms with E-state index in [9.17, 15) is 9.18 Å². The van der Waals surface area contributed by atoms with Gasteiger partial charge in [0.05, 0.1) is 5.56 Å². The van der Waals surface area contributed by atoms with Crippen LogP contribution in [0.5, 0.6) is 5.75 Å². The van der Waals surface area contributed by atoms with Gasteiger partial charge in [-0.3, -0.25) is 18.7 Å². The molecule has 3 N–H and O–H groups in total. The summed E-state index contributed by atoms with van der Waals surface area (Å²) in [5.74, 6) is -0.790. The molecule has 1 amide bonds. The summed E-state index contributed by atoms with van der Waals surface area (Å²) in [6.07, 6.45) is 5.28. The van der Waals surface area contributed by atoms with Crippen LogP contribution in [-0.2, 0) is 22.4 Å². The Labute approximate surface area is 217 Å². The van der Waals surface area contributed by atoms with E-state index in [0.717, 1.165) is 68.8 Å². The lowest BCUT2D eigenvalue weighted by molar-refractivity contribution is -0.134. The van der Waals surface area contributed by atoms with Crippen LogP contribution in [0.4, 0.5) is 4.39 Å². The number of carbonyl (C=O) groups is 2. The van der Waals surface area contributed by atoms with E-state index >= 15 is 0 Å². The summed E-state index contributed by atoms with van der Waals surface area (Å²) in [7, 11) is 0. The molecule has 0 spiro atoms. The highest BCUT2D eigenvalue weighted by Gasteiger charge is 2.29. The number of primary amides is 1. The molecule has 0 radical (unpaired) electrons. The van der Waals surface area contributed by atoms with Gasteiger partial charge < -0.3 is 20.1 Å². The first-order valence-electron chi connectivity index (χ1n) is 11.4. The molecule has 36 heavy (non-hydrogen) atoms. The molecule has 2 aliphatic rings. The minimum absolute atomic E-state index is 0.000669. The van der Waals surface area contributed by atoms with Crippen LogP contribution in [0.3, 0.4) is 0 Å². The molecule has 8 nitrogen and oxygen atoms in total. The molecule has 0 bridgehead atoms. The van der Waals surface area contributed by atoms with Crippen molar-refractivity contribution in [3.8, 4) is 5.75 Å². The summed E-state index contributed by atoms with van der Waals surface area (Å²) in [6, 6.07) is 10.6. The van der Waals surface area contributed by atoms with Crippen molar-refractivity contribution >= 4 is 34.6 Å². The lowest BCUT2D eigenvalue weighted by Crippen LogP contribution is -2.38. The van der Waals surface area contributed by atoms with E-state index in [-0.39, 0.29) is 11.7 Å². The van der Waals surface area contributed by atoms with Crippen LogP contribution in [0.25, 0.3) is 0 Å². The monoisotopic (exact) mass is 541 g/mol. The number of rotatable bonds is 6. The fourth-order valence-corrected chi connectivity index (χ4v) is 3.99. The molecule has 198 valence electrons. The highest BCUT2D eigenvalue weighted by atomic mass is 35.5. The van der Waals surface area contributed by atoms with Gasteiger partial charge in [-0.15, -0.1) is 0 Å². The van der Waals surface area contributed by atoms with E-state index in [2.05, 4.69) is 4.90 Å². The predicted molar refractivity (Wildman–Crippen MR) is 135 cm³/mol. The van der Waals surface area contributed by atoms with E-state index in [0.29, 0.717) is 17.5 Å². The summed E-state index contributed by atoms with van der Waals surface area (Å²) in [4.78, 5) is 22.8. The number of nitrogens with zero attached hydrogens (tertiary/aromatic N) is 1. The summed E-state index contributed by atoms with van der Waals surface area (Å²) >= 11 is 4.05. The molecule has 2 aromatic rings. The number of halogens is 2. The third-order valence-electron chi connectivity index (χ3n) is 5.56. The van der Waals surface area contributed by atoms with Gasteiger partial charge >= 0.3 is 0 Å².